The number of rotatable bonds is 8. The summed E-state index contributed by atoms with van der Waals surface area (Å²) in [6, 6.07) is 12.7. The molecule has 5 nitrogen and oxygen atoms in total. The van der Waals surface area contributed by atoms with Gasteiger partial charge in [-0.1, -0.05) is 48.4 Å². The molecule has 8 heteroatoms. The van der Waals surface area contributed by atoms with Crippen molar-refractivity contribution in [2.45, 2.75) is 37.3 Å². The Morgan fingerprint density at radius 3 is 2.52 bits per heavy atom. The summed E-state index contributed by atoms with van der Waals surface area (Å²) in [5.41, 5.74) is 2.67. The minimum atomic E-state index is -3.63. The van der Waals surface area contributed by atoms with Gasteiger partial charge in [0.25, 0.3) is 5.91 Å². The lowest BCUT2D eigenvalue weighted by Crippen LogP contribution is -2.38. The van der Waals surface area contributed by atoms with Gasteiger partial charge in [-0.3, -0.25) is 4.79 Å². The molecule has 1 fully saturated rings. The van der Waals surface area contributed by atoms with Crippen LogP contribution in [0.25, 0.3) is 0 Å². The second-order valence-electron chi connectivity index (χ2n) is 8.02. The van der Waals surface area contributed by atoms with E-state index in [1.807, 2.05) is 0 Å². The zero-order valence-corrected chi connectivity index (χ0v) is 20.3. The number of carbonyl (C=O) groups excluding carboxylic acids is 1. The molecule has 1 saturated heterocycles. The molecule has 0 aromatic heterocycles. The van der Waals surface area contributed by atoms with Crippen molar-refractivity contribution in [3.05, 3.63) is 64.2 Å². The number of piperidine rings is 1. The molecule has 0 saturated carbocycles. The minimum absolute atomic E-state index is 0.116. The summed E-state index contributed by atoms with van der Waals surface area (Å²) in [6.45, 7) is 5.68. The Morgan fingerprint density at radius 2 is 1.84 bits per heavy atom. The summed E-state index contributed by atoms with van der Waals surface area (Å²) >= 11 is 7.93. The van der Waals surface area contributed by atoms with Gasteiger partial charge in [-0.05, 0) is 49.4 Å². The van der Waals surface area contributed by atoms with Crippen LogP contribution in [0.2, 0.25) is 5.02 Å². The van der Waals surface area contributed by atoms with Gasteiger partial charge in [-0.25, -0.2) is 8.42 Å². The number of hydrogen-bond donors (Lipinski definition) is 1. The number of hydrogen-bond acceptors (Lipinski definition) is 4. The minimum Gasteiger partial charge on any atom is -0.351 e. The molecule has 0 radical (unpaired) electrons. The van der Waals surface area contributed by atoms with E-state index in [0.29, 0.717) is 25.6 Å². The van der Waals surface area contributed by atoms with Gasteiger partial charge in [0, 0.05) is 31.1 Å². The van der Waals surface area contributed by atoms with Crippen molar-refractivity contribution in [3.8, 4) is 0 Å². The number of thioether (sulfide) groups is 1. The maximum Gasteiger partial charge on any atom is 0.252 e. The average molecular weight is 481 g/mol. The third-order valence-electron chi connectivity index (χ3n) is 5.48. The molecule has 1 heterocycles. The lowest BCUT2D eigenvalue weighted by molar-refractivity contribution is 0.0956. The van der Waals surface area contributed by atoms with Crippen molar-refractivity contribution in [2.75, 3.05) is 25.4 Å². The average Bonchev–Trinajstić information content (AvgIpc) is 2.75. The maximum absolute atomic E-state index is 13.0. The van der Waals surface area contributed by atoms with Gasteiger partial charge in [0.2, 0.25) is 10.0 Å². The molecule has 2 aromatic rings. The van der Waals surface area contributed by atoms with Crippen LogP contribution in [0.5, 0.6) is 0 Å². The number of sulfonamides is 1. The van der Waals surface area contributed by atoms with E-state index < -0.39 is 10.0 Å². The van der Waals surface area contributed by atoms with Crippen molar-refractivity contribution >= 4 is 39.3 Å². The van der Waals surface area contributed by atoms with E-state index in [9.17, 15) is 13.2 Å². The fraction of sp³-hybridized carbons (Fsp3) is 0.435. The quantitative estimate of drug-likeness (QED) is 0.554. The van der Waals surface area contributed by atoms with Crippen molar-refractivity contribution in [3.63, 3.8) is 0 Å². The molecule has 0 bridgehead atoms. The van der Waals surface area contributed by atoms with E-state index in [1.165, 1.54) is 33.6 Å². The highest BCUT2D eigenvalue weighted by molar-refractivity contribution is 7.98. The second-order valence-corrected chi connectivity index (χ2v) is 11.5. The van der Waals surface area contributed by atoms with Gasteiger partial charge in [-0.2, -0.15) is 16.1 Å². The first-order valence-electron chi connectivity index (χ1n) is 10.5. The number of nitrogens with zero attached hydrogens (tertiary/aromatic N) is 1. The molecule has 31 heavy (non-hydrogen) atoms. The monoisotopic (exact) mass is 480 g/mol. The molecule has 0 unspecified atom stereocenters. The number of benzene rings is 2. The molecule has 1 aliphatic rings. The van der Waals surface area contributed by atoms with Crippen LogP contribution >= 0.6 is 23.4 Å². The van der Waals surface area contributed by atoms with Crippen LogP contribution in [-0.4, -0.2) is 44.0 Å². The number of halogens is 1. The van der Waals surface area contributed by atoms with E-state index in [2.05, 4.69) is 43.4 Å². The van der Waals surface area contributed by atoms with Gasteiger partial charge < -0.3 is 5.32 Å². The van der Waals surface area contributed by atoms with E-state index in [4.69, 9.17) is 11.6 Å². The summed E-state index contributed by atoms with van der Waals surface area (Å²) in [4.78, 5) is 12.7. The Hall–Kier alpha value is -1.54. The molecular formula is C23H29ClN2O3S2. The largest absolute Gasteiger partial charge is 0.351 e. The number of aryl methyl sites for hydroxylation is 1. The Labute approximate surface area is 194 Å². The topological polar surface area (TPSA) is 66.5 Å². The standard InChI is InChI=1S/C23H29ClN2O3S2/c1-17-3-5-19(6-4-17)16-30-14-11-25-23(27)21-15-20(7-8-22(21)24)31(28,29)26-12-9-18(2)10-13-26/h3-8,15,18H,9-14,16H2,1-2H3,(H,25,27). The molecule has 168 valence electrons. The summed E-state index contributed by atoms with van der Waals surface area (Å²) in [5.74, 6) is 1.80. The predicted octanol–water partition coefficient (Wildman–Crippen LogP) is 4.73. The van der Waals surface area contributed by atoms with Crippen molar-refractivity contribution < 1.29 is 13.2 Å². The van der Waals surface area contributed by atoms with Crippen LogP contribution < -0.4 is 5.32 Å². The normalized spacial score (nSPS) is 15.7. The van der Waals surface area contributed by atoms with E-state index in [1.54, 1.807) is 11.8 Å². The maximum atomic E-state index is 13.0. The van der Waals surface area contributed by atoms with Gasteiger partial charge >= 0.3 is 0 Å². The fourth-order valence-electron chi connectivity index (χ4n) is 3.42. The van der Waals surface area contributed by atoms with Crippen LogP contribution in [0, 0.1) is 12.8 Å². The van der Waals surface area contributed by atoms with Gasteiger partial charge in [-0.15, -0.1) is 0 Å². The lowest BCUT2D eigenvalue weighted by atomic mass is 10.0. The fourth-order valence-corrected chi connectivity index (χ4v) is 5.94. The SMILES string of the molecule is Cc1ccc(CSCCNC(=O)c2cc(S(=O)(=O)N3CCC(C)CC3)ccc2Cl)cc1. The van der Waals surface area contributed by atoms with Crippen LogP contribution in [0.1, 0.15) is 41.3 Å². The third-order valence-corrected chi connectivity index (χ3v) is 8.74. The zero-order valence-electron chi connectivity index (χ0n) is 17.9. The molecule has 3 rings (SSSR count). The van der Waals surface area contributed by atoms with E-state index in [-0.39, 0.29) is 21.4 Å². The molecule has 0 aliphatic carbocycles. The highest BCUT2D eigenvalue weighted by Crippen LogP contribution is 2.26. The molecule has 1 aliphatic heterocycles. The summed E-state index contributed by atoms with van der Waals surface area (Å²) in [7, 11) is -3.63. The molecule has 1 N–H and O–H groups in total. The number of carbonyl (C=O) groups is 1. The molecule has 2 aromatic carbocycles. The van der Waals surface area contributed by atoms with Crippen LogP contribution in [0.15, 0.2) is 47.4 Å². The lowest BCUT2D eigenvalue weighted by Gasteiger charge is -2.29. The molecule has 0 spiro atoms. The zero-order chi connectivity index (χ0) is 22.4. The Balaban J connectivity index is 1.56. The van der Waals surface area contributed by atoms with E-state index in [0.717, 1.165) is 24.3 Å². The van der Waals surface area contributed by atoms with Crippen molar-refractivity contribution in [1.82, 2.24) is 9.62 Å². The number of nitrogens with one attached hydrogen (secondary N) is 1. The van der Waals surface area contributed by atoms with Crippen LogP contribution in [-0.2, 0) is 15.8 Å². The highest BCUT2D eigenvalue weighted by atomic mass is 35.5. The smallest absolute Gasteiger partial charge is 0.252 e. The first kappa shape index (κ1) is 24.1. The first-order valence-corrected chi connectivity index (χ1v) is 13.5. The van der Waals surface area contributed by atoms with Crippen molar-refractivity contribution in [1.29, 1.82) is 0 Å². The first-order chi connectivity index (χ1) is 14.8. The van der Waals surface area contributed by atoms with Gasteiger partial charge in [0.05, 0.1) is 15.5 Å². The van der Waals surface area contributed by atoms with Crippen LogP contribution in [0.4, 0.5) is 0 Å². The summed E-state index contributed by atoms with van der Waals surface area (Å²) in [5, 5.41) is 3.09. The van der Waals surface area contributed by atoms with Crippen molar-refractivity contribution in [2.24, 2.45) is 5.92 Å². The molecular weight excluding hydrogens is 452 g/mol. The van der Waals surface area contributed by atoms with Crippen LogP contribution in [0.3, 0.4) is 0 Å². The van der Waals surface area contributed by atoms with Gasteiger partial charge in [0.1, 0.15) is 0 Å². The Kier molecular flexibility index (Phi) is 8.44. The van der Waals surface area contributed by atoms with E-state index >= 15 is 0 Å². The molecule has 0 atom stereocenters. The van der Waals surface area contributed by atoms with Gasteiger partial charge in [0.15, 0.2) is 0 Å². The summed E-state index contributed by atoms with van der Waals surface area (Å²) in [6.07, 6.45) is 1.70. The third kappa shape index (κ3) is 6.48. The molecule has 1 amide bonds. The second kappa shape index (κ2) is 10.9. The number of amides is 1. The Morgan fingerprint density at radius 1 is 1.16 bits per heavy atom. The highest BCUT2D eigenvalue weighted by Gasteiger charge is 2.29. The Bertz CT molecular complexity index is 1000. The summed E-state index contributed by atoms with van der Waals surface area (Å²) < 4.78 is 27.5. The predicted molar refractivity (Wildman–Crippen MR) is 128 cm³/mol.